The minimum Gasteiger partial charge on any atom is -0.350 e. The van der Waals surface area contributed by atoms with Crippen LogP contribution in [0.4, 0.5) is 0 Å². The third kappa shape index (κ3) is 2.98. The summed E-state index contributed by atoms with van der Waals surface area (Å²) in [6.07, 6.45) is 0.921. The van der Waals surface area contributed by atoms with E-state index in [0.29, 0.717) is 6.54 Å². The van der Waals surface area contributed by atoms with Crippen LogP contribution in [-0.4, -0.2) is 16.0 Å². The number of para-hydroxylation sites is 1. The van der Waals surface area contributed by atoms with Gasteiger partial charge in [0.15, 0.2) is 0 Å². The number of nitrogens with zero attached hydrogens (tertiary/aromatic N) is 1. The molecule has 0 bridgehead atoms. The maximum absolute atomic E-state index is 12.1. The number of rotatable bonds is 4. The van der Waals surface area contributed by atoms with Crippen LogP contribution in [0, 0.1) is 6.92 Å². The second-order valence-electron chi connectivity index (χ2n) is 5.72. The predicted octanol–water partition coefficient (Wildman–Crippen LogP) is 3.25. The molecule has 1 aromatic carbocycles. The summed E-state index contributed by atoms with van der Waals surface area (Å²) in [5.74, 6) is 0.0660. The Morgan fingerprint density at radius 1 is 1.32 bits per heavy atom. The molecule has 1 aromatic heterocycles. The average Bonchev–Trinajstić information content (AvgIpc) is 2.66. The maximum Gasteiger partial charge on any atom is 0.240 e. The third-order valence-corrected chi connectivity index (χ3v) is 3.68. The molecule has 1 heterocycles. The topological polar surface area (TPSA) is 34.0 Å². The minimum atomic E-state index is -0.145. The van der Waals surface area contributed by atoms with Gasteiger partial charge in [-0.25, -0.2) is 0 Å². The van der Waals surface area contributed by atoms with Gasteiger partial charge in [0.05, 0.1) is 0 Å². The molecule has 0 spiro atoms. The second-order valence-corrected chi connectivity index (χ2v) is 5.72. The molecular weight excluding hydrogens is 236 g/mol. The first-order chi connectivity index (χ1) is 8.93. The summed E-state index contributed by atoms with van der Waals surface area (Å²) < 4.78 is 2.07. The number of aromatic nitrogens is 1. The van der Waals surface area contributed by atoms with Gasteiger partial charge >= 0.3 is 0 Å². The molecule has 0 fully saturated rings. The van der Waals surface area contributed by atoms with Crippen molar-refractivity contribution in [3.63, 3.8) is 0 Å². The number of hydrogen-bond acceptors (Lipinski definition) is 1. The van der Waals surface area contributed by atoms with Gasteiger partial charge in [-0.2, -0.15) is 0 Å². The van der Waals surface area contributed by atoms with Crippen molar-refractivity contribution >= 4 is 16.8 Å². The Balaban J connectivity index is 2.22. The Kier molecular flexibility index (Phi) is 3.65. The van der Waals surface area contributed by atoms with E-state index < -0.39 is 0 Å². The van der Waals surface area contributed by atoms with E-state index in [2.05, 4.69) is 35.0 Å². The van der Waals surface area contributed by atoms with E-state index in [1.54, 1.807) is 0 Å². The lowest BCUT2D eigenvalue weighted by atomic mass is 10.0. The van der Waals surface area contributed by atoms with E-state index in [4.69, 9.17) is 0 Å². The highest BCUT2D eigenvalue weighted by molar-refractivity contribution is 5.84. The van der Waals surface area contributed by atoms with Crippen LogP contribution in [0.5, 0.6) is 0 Å². The Morgan fingerprint density at radius 3 is 2.68 bits per heavy atom. The molecule has 0 unspecified atom stereocenters. The van der Waals surface area contributed by atoms with E-state index in [1.807, 2.05) is 32.9 Å². The summed E-state index contributed by atoms with van der Waals surface area (Å²) in [5, 5.41) is 4.26. The predicted molar refractivity (Wildman–Crippen MR) is 79.2 cm³/mol. The number of carbonyl (C=O) groups is 1. The monoisotopic (exact) mass is 258 g/mol. The van der Waals surface area contributed by atoms with E-state index in [-0.39, 0.29) is 11.4 Å². The van der Waals surface area contributed by atoms with Crippen LogP contribution in [0.2, 0.25) is 0 Å². The Hall–Kier alpha value is -1.77. The number of hydrogen-bond donors (Lipinski definition) is 1. The van der Waals surface area contributed by atoms with Crippen LogP contribution in [0.15, 0.2) is 30.3 Å². The molecule has 19 heavy (non-hydrogen) atoms. The molecule has 0 aliphatic rings. The Morgan fingerprint density at radius 2 is 2.00 bits per heavy atom. The zero-order valence-electron chi connectivity index (χ0n) is 12.2. The molecule has 0 saturated carbocycles. The maximum atomic E-state index is 12.1. The van der Waals surface area contributed by atoms with Gasteiger partial charge in [0, 0.05) is 16.7 Å². The van der Waals surface area contributed by atoms with Crippen LogP contribution < -0.4 is 5.32 Å². The highest BCUT2D eigenvalue weighted by atomic mass is 16.2. The van der Waals surface area contributed by atoms with Crippen molar-refractivity contribution in [1.29, 1.82) is 0 Å². The number of amides is 1. The summed E-state index contributed by atoms with van der Waals surface area (Å²) in [4.78, 5) is 12.1. The molecule has 0 aliphatic heterocycles. The lowest BCUT2D eigenvalue weighted by Gasteiger charge is -2.24. The van der Waals surface area contributed by atoms with Crippen LogP contribution in [-0.2, 0) is 11.3 Å². The largest absolute Gasteiger partial charge is 0.350 e. The molecule has 3 heteroatoms. The normalized spacial score (nSPS) is 11.8. The first-order valence-corrected chi connectivity index (χ1v) is 6.79. The molecule has 1 N–H and O–H groups in total. The third-order valence-electron chi connectivity index (χ3n) is 3.68. The van der Waals surface area contributed by atoms with Crippen molar-refractivity contribution in [2.75, 3.05) is 0 Å². The second kappa shape index (κ2) is 5.08. The molecule has 1 amide bonds. The SMILES string of the molecule is CCC(C)(C)NC(=O)Cn1c(C)cc2ccccc21. The van der Waals surface area contributed by atoms with Crippen molar-refractivity contribution in [3.05, 3.63) is 36.0 Å². The summed E-state index contributed by atoms with van der Waals surface area (Å²) in [6.45, 7) is 8.59. The van der Waals surface area contributed by atoms with Crippen molar-refractivity contribution in [2.24, 2.45) is 0 Å². The van der Waals surface area contributed by atoms with Gasteiger partial charge in [-0.1, -0.05) is 25.1 Å². The van der Waals surface area contributed by atoms with Gasteiger partial charge in [0.25, 0.3) is 0 Å². The molecule has 0 radical (unpaired) electrons. The van der Waals surface area contributed by atoms with Gasteiger partial charge in [0.2, 0.25) is 5.91 Å². The molecule has 0 aliphatic carbocycles. The van der Waals surface area contributed by atoms with E-state index >= 15 is 0 Å². The van der Waals surface area contributed by atoms with Crippen molar-refractivity contribution in [2.45, 2.75) is 46.2 Å². The van der Waals surface area contributed by atoms with Gasteiger partial charge < -0.3 is 9.88 Å². The fourth-order valence-corrected chi connectivity index (χ4v) is 2.21. The average molecular weight is 258 g/mol. The molecule has 0 atom stereocenters. The molecule has 2 aromatic rings. The number of fused-ring (bicyclic) bond motifs is 1. The molecular formula is C16H22N2O. The first kappa shape index (κ1) is 13.7. The number of benzene rings is 1. The Bertz CT molecular complexity index is 596. The number of aryl methyl sites for hydroxylation is 1. The lowest BCUT2D eigenvalue weighted by molar-refractivity contribution is -0.123. The number of nitrogens with one attached hydrogen (secondary N) is 1. The zero-order chi connectivity index (χ0) is 14.0. The number of carbonyl (C=O) groups excluding carboxylic acids is 1. The molecule has 2 rings (SSSR count). The molecule has 102 valence electrons. The summed E-state index contributed by atoms with van der Waals surface area (Å²) in [6, 6.07) is 10.3. The van der Waals surface area contributed by atoms with Gasteiger partial charge in [-0.3, -0.25) is 4.79 Å². The summed E-state index contributed by atoms with van der Waals surface area (Å²) in [5.41, 5.74) is 2.09. The lowest BCUT2D eigenvalue weighted by Crippen LogP contribution is -2.44. The first-order valence-electron chi connectivity index (χ1n) is 6.79. The summed E-state index contributed by atoms with van der Waals surface area (Å²) in [7, 11) is 0. The minimum absolute atomic E-state index is 0.0660. The van der Waals surface area contributed by atoms with Crippen LogP contribution in [0.25, 0.3) is 10.9 Å². The zero-order valence-corrected chi connectivity index (χ0v) is 12.2. The van der Waals surface area contributed by atoms with Gasteiger partial charge in [0.1, 0.15) is 6.54 Å². The highest BCUT2D eigenvalue weighted by Gasteiger charge is 2.18. The fraction of sp³-hybridized carbons (Fsp3) is 0.438. The quantitative estimate of drug-likeness (QED) is 0.897. The van der Waals surface area contributed by atoms with Crippen molar-refractivity contribution < 1.29 is 4.79 Å². The van der Waals surface area contributed by atoms with E-state index in [1.165, 1.54) is 5.39 Å². The molecule has 3 nitrogen and oxygen atoms in total. The van der Waals surface area contributed by atoms with Crippen molar-refractivity contribution in [3.8, 4) is 0 Å². The van der Waals surface area contributed by atoms with Crippen LogP contribution in [0.1, 0.15) is 32.9 Å². The van der Waals surface area contributed by atoms with Crippen molar-refractivity contribution in [1.82, 2.24) is 9.88 Å². The summed E-state index contributed by atoms with van der Waals surface area (Å²) >= 11 is 0. The standard InChI is InChI=1S/C16H22N2O/c1-5-16(3,4)17-15(19)11-18-12(2)10-13-8-6-7-9-14(13)18/h6-10H,5,11H2,1-4H3,(H,17,19). The van der Waals surface area contributed by atoms with Crippen LogP contribution in [0.3, 0.4) is 0 Å². The van der Waals surface area contributed by atoms with E-state index in [0.717, 1.165) is 17.6 Å². The highest BCUT2D eigenvalue weighted by Crippen LogP contribution is 2.19. The Labute approximate surface area is 114 Å². The van der Waals surface area contributed by atoms with Gasteiger partial charge in [-0.05, 0) is 44.7 Å². The smallest absolute Gasteiger partial charge is 0.240 e. The van der Waals surface area contributed by atoms with Gasteiger partial charge in [-0.15, -0.1) is 0 Å². The molecule has 0 saturated heterocycles. The van der Waals surface area contributed by atoms with E-state index in [9.17, 15) is 4.79 Å². The fourth-order valence-electron chi connectivity index (χ4n) is 2.21. The van der Waals surface area contributed by atoms with Crippen LogP contribution >= 0.6 is 0 Å².